The van der Waals surface area contributed by atoms with E-state index in [1.807, 2.05) is 0 Å². The van der Waals surface area contributed by atoms with Crippen LogP contribution >= 0.6 is 22.6 Å². The number of likely N-dealkylation sites (tertiary alicyclic amines) is 1. The van der Waals surface area contributed by atoms with E-state index >= 15 is 0 Å². The highest BCUT2D eigenvalue weighted by Gasteiger charge is 2.20. The Kier molecular flexibility index (Phi) is 4.39. The van der Waals surface area contributed by atoms with Gasteiger partial charge < -0.3 is 10.2 Å². The summed E-state index contributed by atoms with van der Waals surface area (Å²) in [7, 11) is 2.14. The summed E-state index contributed by atoms with van der Waals surface area (Å²) in [6.45, 7) is 2.05. The summed E-state index contributed by atoms with van der Waals surface area (Å²) in [5.41, 5.74) is 1.12. The van der Waals surface area contributed by atoms with E-state index < -0.39 is 0 Å². The monoisotopic (exact) mass is 361 g/mol. The van der Waals surface area contributed by atoms with E-state index in [4.69, 9.17) is 0 Å². The zero-order valence-electron chi connectivity index (χ0n) is 10.2. The minimum absolute atomic E-state index is 0.142. The molecule has 6 heteroatoms. The second kappa shape index (κ2) is 5.83. The predicted octanol–water partition coefficient (Wildman–Crippen LogP) is 2.71. The quantitative estimate of drug-likeness (QED) is 0.509. The Balaban J connectivity index is 1.99. The highest BCUT2D eigenvalue weighted by atomic mass is 127. The lowest BCUT2D eigenvalue weighted by Gasteiger charge is -2.20. The van der Waals surface area contributed by atoms with Crippen molar-refractivity contribution in [1.29, 1.82) is 0 Å². The van der Waals surface area contributed by atoms with Gasteiger partial charge in [-0.2, -0.15) is 0 Å². The van der Waals surface area contributed by atoms with Gasteiger partial charge in [-0.15, -0.1) is 0 Å². The average Bonchev–Trinajstić information content (AvgIpc) is 2.73. The van der Waals surface area contributed by atoms with Crippen molar-refractivity contribution in [2.45, 2.75) is 18.9 Å². The summed E-state index contributed by atoms with van der Waals surface area (Å²) < 4.78 is 0.891. The molecule has 1 aliphatic heterocycles. The molecule has 0 aromatic heterocycles. The molecule has 0 saturated carbocycles. The molecule has 0 aliphatic carbocycles. The molecule has 0 bridgehead atoms. The number of nitro benzene ring substituents is 1. The molecular weight excluding hydrogens is 345 g/mol. The van der Waals surface area contributed by atoms with Gasteiger partial charge in [0.05, 0.1) is 4.92 Å². The van der Waals surface area contributed by atoms with Crippen molar-refractivity contribution in [1.82, 2.24) is 4.90 Å². The molecule has 0 spiro atoms. The summed E-state index contributed by atoms with van der Waals surface area (Å²) in [5, 5.41) is 14.0. The van der Waals surface area contributed by atoms with Crippen LogP contribution in [0.15, 0.2) is 18.2 Å². The molecule has 1 N–H and O–H groups in total. The van der Waals surface area contributed by atoms with Gasteiger partial charge in [-0.3, -0.25) is 10.1 Å². The Bertz CT molecular complexity index is 453. The number of nitrogens with one attached hydrogen (secondary N) is 1. The number of non-ortho nitro benzene ring substituents is 1. The van der Waals surface area contributed by atoms with Gasteiger partial charge in [0.2, 0.25) is 0 Å². The molecule has 1 saturated heterocycles. The first kappa shape index (κ1) is 13.5. The van der Waals surface area contributed by atoms with Crippen LogP contribution in [0, 0.1) is 13.7 Å². The molecule has 0 amide bonds. The third-order valence-corrected chi connectivity index (χ3v) is 4.26. The van der Waals surface area contributed by atoms with Crippen molar-refractivity contribution < 1.29 is 4.92 Å². The van der Waals surface area contributed by atoms with Crippen LogP contribution in [0.5, 0.6) is 0 Å². The second-order valence-electron chi connectivity index (χ2n) is 4.58. The molecule has 1 aromatic carbocycles. The zero-order valence-corrected chi connectivity index (χ0v) is 12.4. The number of halogens is 1. The second-order valence-corrected chi connectivity index (χ2v) is 5.74. The lowest BCUT2D eigenvalue weighted by molar-refractivity contribution is -0.384. The first-order chi connectivity index (χ1) is 8.58. The van der Waals surface area contributed by atoms with Crippen molar-refractivity contribution in [2.24, 2.45) is 0 Å². The minimum atomic E-state index is -0.364. The van der Waals surface area contributed by atoms with Crippen molar-refractivity contribution in [3.8, 4) is 0 Å². The van der Waals surface area contributed by atoms with Gasteiger partial charge in [0.1, 0.15) is 0 Å². The predicted molar refractivity (Wildman–Crippen MR) is 80.0 cm³/mol. The molecule has 1 fully saturated rings. The van der Waals surface area contributed by atoms with E-state index in [0.717, 1.165) is 22.3 Å². The molecule has 2 rings (SSSR count). The van der Waals surface area contributed by atoms with Crippen LogP contribution in [-0.4, -0.2) is 36.0 Å². The summed E-state index contributed by atoms with van der Waals surface area (Å²) in [6, 6.07) is 5.50. The summed E-state index contributed by atoms with van der Waals surface area (Å²) in [5.74, 6) is 0. The number of nitrogens with zero attached hydrogens (tertiary/aromatic N) is 2. The molecule has 1 unspecified atom stereocenters. The van der Waals surface area contributed by atoms with Crippen molar-refractivity contribution >= 4 is 34.0 Å². The molecule has 0 radical (unpaired) electrons. The number of likely N-dealkylation sites (N-methyl/N-ethyl adjacent to an activating group) is 1. The fraction of sp³-hybridized carbons (Fsp3) is 0.500. The first-order valence-corrected chi connectivity index (χ1v) is 7.04. The minimum Gasteiger partial charge on any atom is -0.383 e. The molecule has 1 heterocycles. The molecular formula is C12H16IN3O2. The van der Waals surface area contributed by atoms with E-state index in [-0.39, 0.29) is 10.6 Å². The Hall–Kier alpha value is -0.890. The molecule has 1 aliphatic rings. The summed E-state index contributed by atoms with van der Waals surface area (Å²) >= 11 is 2.13. The van der Waals surface area contributed by atoms with Crippen LogP contribution in [0.3, 0.4) is 0 Å². The van der Waals surface area contributed by atoms with Gasteiger partial charge in [-0.1, -0.05) is 0 Å². The fourth-order valence-electron chi connectivity index (χ4n) is 2.23. The highest BCUT2D eigenvalue weighted by Crippen LogP contribution is 2.24. The normalized spacial score (nSPS) is 20.0. The van der Waals surface area contributed by atoms with Gasteiger partial charge >= 0.3 is 0 Å². The lowest BCUT2D eigenvalue weighted by Crippen LogP contribution is -2.31. The fourth-order valence-corrected chi connectivity index (χ4v) is 2.92. The largest absolute Gasteiger partial charge is 0.383 e. The number of rotatable bonds is 4. The van der Waals surface area contributed by atoms with Crippen LogP contribution in [0.2, 0.25) is 0 Å². The van der Waals surface area contributed by atoms with Gasteiger partial charge in [-0.25, -0.2) is 0 Å². The van der Waals surface area contributed by atoms with E-state index in [1.54, 1.807) is 18.2 Å². The number of benzene rings is 1. The van der Waals surface area contributed by atoms with Crippen molar-refractivity contribution in [2.75, 3.05) is 25.5 Å². The lowest BCUT2D eigenvalue weighted by atomic mass is 10.2. The van der Waals surface area contributed by atoms with Crippen molar-refractivity contribution in [3.63, 3.8) is 0 Å². The number of nitro groups is 1. The summed E-state index contributed by atoms with van der Waals surface area (Å²) in [6.07, 6.45) is 2.47. The topological polar surface area (TPSA) is 58.4 Å². The number of hydrogen-bond donors (Lipinski definition) is 1. The van der Waals surface area contributed by atoms with Crippen molar-refractivity contribution in [3.05, 3.63) is 31.9 Å². The molecule has 18 heavy (non-hydrogen) atoms. The zero-order chi connectivity index (χ0) is 13.1. The Morgan fingerprint density at radius 1 is 1.61 bits per heavy atom. The number of hydrogen-bond acceptors (Lipinski definition) is 4. The van der Waals surface area contributed by atoms with Crippen LogP contribution in [0.4, 0.5) is 11.4 Å². The molecule has 1 atom stereocenters. The first-order valence-electron chi connectivity index (χ1n) is 5.96. The molecule has 5 nitrogen and oxygen atoms in total. The van der Waals surface area contributed by atoms with Crippen LogP contribution in [0.25, 0.3) is 0 Å². The van der Waals surface area contributed by atoms with E-state index in [2.05, 4.69) is 39.9 Å². The number of anilines is 1. The summed E-state index contributed by atoms with van der Waals surface area (Å²) in [4.78, 5) is 12.6. The van der Waals surface area contributed by atoms with E-state index in [0.29, 0.717) is 6.04 Å². The molecule has 98 valence electrons. The van der Waals surface area contributed by atoms with Gasteiger partial charge in [0, 0.05) is 34.0 Å². The highest BCUT2D eigenvalue weighted by molar-refractivity contribution is 14.1. The van der Waals surface area contributed by atoms with Gasteiger partial charge in [-0.05, 0) is 55.1 Å². The smallest absolute Gasteiger partial charge is 0.270 e. The Morgan fingerprint density at radius 3 is 2.94 bits per heavy atom. The average molecular weight is 361 g/mol. The maximum Gasteiger partial charge on any atom is 0.270 e. The SMILES string of the molecule is CN1CCCC1CNc1ccc([N+](=O)[O-])cc1I. The maximum absolute atomic E-state index is 10.6. The third kappa shape index (κ3) is 3.11. The molecule has 1 aromatic rings. The van der Waals surface area contributed by atoms with Gasteiger partial charge in [0.15, 0.2) is 0 Å². The van der Waals surface area contributed by atoms with Crippen LogP contribution < -0.4 is 5.32 Å². The standard InChI is InChI=1S/C12H16IN3O2/c1-15-6-2-3-10(15)8-14-12-5-4-9(16(17)18)7-11(12)13/h4-5,7,10,14H,2-3,6,8H2,1H3. The van der Waals surface area contributed by atoms with E-state index in [9.17, 15) is 10.1 Å². The van der Waals surface area contributed by atoms with E-state index in [1.165, 1.54) is 12.8 Å². The third-order valence-electron chi connectivity index (χ3n) is 3.36. The van der Waals surface area contributed by atoms with Crippen LogP contribution in [0.1, 0.15) is 12.8 Å². The van der Waals surface area contributed by atoms with Gasteiger partial charge in [0.25, 0.3) is 5.69 Å². The van der Waals surface area contributed by atoms with Crippen LogP contribution in [-0.2, 0) is 0 Å². The Labute approximate surface area is 120 Å². The maximum atomic E-state index is 10.6. The Morgan fingerprint density at radius 2 is 2.39 bits per heavy atom.